The monoisotopic (exact) mass is 284 g/mol. The molecule has 0 spiro atoms. The van der Waals surface area contributed by atoms with Crippen LogP contribution in [-0.2, 0) is 0 Å². The number of benzene rings is 2. The summed E-state index contributed by atoms with van der Waals surface area (Å²) in [5, 5.41) is 1.61. The summed E-state index contributed by atoms with van der Waals surface area (Å²) in [6, 6.07) is 9.90. The van der Waals surface area contributed by atoms with Gasteiger partial charge in [-0.1, -0.05) is 12.1 Å². The normalized spacial score (nSPS) is 10.1. The number of carbonyl (C=O) groups excluding carboxylic acids is 2. The molecule has 0 bridgehead atoms. The molecule has 6 heteroatoms. The van der Waals surface area contributed by atoms with Gasteiger partial charge in [-0.2, -0.15) is 0 Å². The molecule has 2 aromatic carbocycles. The van der Waals surface area contributed by atoms with Gasteiger partial charge in [-0.05, 0) is 35.0 Å². The second kappa shape index (κ2) is 5.25. The molecule has 0 heterocycles. The Morgan fingerprint density at radius 3 is 1.61 bits per heavy atom. The Hall–Kier alpha value is -1.78. The summed E-state index contributed by atoms with van der Waals surface area (Å²) in [6.45, 7) is 0. The third kappa shape index (κ3) is 3.12. The maximum absolute atomic E-state index is 10.6. The fourth-order valence-electron chi connectivity index (χ4n) is 1.52. The second-order valence-electron chi connectivity index (χ2n) is 3.35. The van der Waals surface area contributed by atoms with Crippen LogP contribution in [0.5, 0.6) is 11.5 Å². The first-order valence-electron chi connectivity index (χ1n) is 4.83. The van der Waals surface area contributed by atoms with Gasteiger partial charge in [-0.25, -0.2) is 9.59 Å². The predicted octanol–water partition coefficient (Wildman–Crippen LogP) is 4.32. The summed E-state index contributed by atoms with van der Waals surface area (Å²) >= 11 is 10.2. The molecule has 0 aliphatic rings. The molecule has 0 aliphatic carbocycles. The molecule has 4 nitrogen and oxygen atoms in total. The van der Waals surface area contributed by atoms with Crippen molar-refractivity contribution < 1.29 is 19.1 Å². The maximum atomic E-state index is 10.6. The summed E-state index contributed by atoms with van der Waals surface area (Å²) in [5.41, 5.74) is -1.84. The van der Waals surface area contributed by atoms with Gasteiger partial charge < -0.3 is 9.47 Å². The molecular formula is C12H6Cl2O4. The molecule has 2 rings (SSSR count). The summed E-state index contributed by atoms with van der Waals surface area (Å²) in [4.78, 5) is 21.2. The summed E-state index contributed by atoms with van der Waals surface area (Å²) in [5.74, 6) is 0.605. The molecule has 0 N–H and O–H groups in total. The maximum Gasteiger partial charge on any atom is 0.409 e. The van der Waals surface area contributed by atoms with E-state index in [1.165, 1.54) is 0 Å². The largest absolute Gasteiger partial charge is 0.414 e. The number of ether oxygens (including phenoxy) is 2. The van der Waals surface area contributed by atoms with Crippen molar-refractivity contribution in [2.75, 3.05) is 0 Å². The SMILES string of the molecule is O=C(Cl)Oc1ccc2ccc(OC(=O)Cl)cc2c1. The number of carbonyl (C=O) groups is 2. The van der Waals surface area contributed by atoms with Gasteiger partial charge >= 0.3 is 10.9 Å². The highest BCUT2D eigenvalue weighted by Crippen LogP contribution is 2.25. The van der Waals surface area contributed by atoms with Crippen LogP contribution in [0.15, 0.2) is 36.4 Å². The fourth-order valence-corrected chi connectivity index (χ4v) is 1.69. The van der Waals surface area contributed by atoms with E-state index >= 15 is 0 Å². The molecule has 92 valence electrons. The lowest BCUT2D eigenvalue weighted by Crippen LogP contribution is -1.97. The minimum Gasteiger partial charge on any atom is -0.414 e. The molecule has 18 heavy (non-hydrogen) atoms. The van der Waals surface area contributed by atoms with Crippen molar-refractivity contribution in [3.8, 4) is 11.5 Å². The Labute approximate surface area is 112 Å². The van der Waals surface area contributed by atoms with Gasteiger partial charge in [0.05, 0.1) is 0 Å². The van der Waals surface area contributed by atoms with Gasteiger partial charge in [0.15, 0.2) is 0 Å². The third-order valence-corrected chi connectivity index (χ3v) is 2.33. The first-order valence-corrected chi connectivity index (χ1v) is 5.58. The Bertz CT molecular complexity index is 574. The van der Waals surface area contributed by atoms with Crippen LogP contribution in [0.25, 0.3) is 10.8 Å². The van der Waals surface area contributed by atoms with Crippen LogP contribution in [0.1, 0.15) is 0 Å². The van der Waals surface area contributed by atoms with Gasteiger partial charge in [0.2, 0.25) is 0 Å². The lowest BCUT2D eigenvalue weighted by Gasteiger charge is -2.04. The van der Waals surface area contributed by atoms with E-state index in [1.54, 1.807) is 36.4 Å². The standard InChI is InChI=1S/C12H6Cl2O4/c13-11(15)17-9-3-1-7-2-4-10(18-12(14)16)6-8(7)5-9/h1-6H. The zero-order chi connectivity index (χ0) is 13.1. The highest BCUT2D eigenvalue weighted by molar-refractivity contribution is 6.61. The summed E-state index contributed by atoms with van der Waals surface area (Å²) in [6.07, 6.45) is 0. The van der Waals surface area contributed by atoms with Crippen molar-refractivity contribution in [3.63, 3.8) is 0 Å². The topological polar surface area (TPSA) is 52.6 Å². The molecule has 0 fully saturated rings. The Morgan fingerprint density at radius 1 is 0.778 bits per heavy atom. The van der Waals surface area contributed by atoms with Gasteiger partial charge in [0.25, 0.3) is 0 Å². The average molecular weight is 285 g/mol. The molecule has 0 aromatic heterocycles. The lowest BCUT2D eigenvalue weighted by atomic mass is 10.1. The van der Waals surface area contributed by atoms with Crippen molar-refractivity contribution in [2.24, 2.45) is 0 Å². The minimum absolute atomic E-state index is 0.303. The van der Waals surface area contributed by atoms with Crippen LogP contribution in [0.2, 0.25) is 0 Å². The van der Waals surface area contributed by atoms with Crippen LogP contribution >= 0.6 is 23.2 Å². The van der Waals surface area contributed by atoms with E-state index in [0.29, 0.717) is 11.5 Å². The molecule has 0 unspecified atom stereocenters. The number of halogens is 2. The Kier molecular flexibility index (Phi) is 3.69. The highest BCUT2D eigenvalue weighted by atomic mass is 35.5. The van der Waals surface area contributed by atoms with E-state index in [-0.39, 0.29) is 0 Å². The molecule has 0 aliphatic heterocycles. The van der Waals surface area contributed by atoms with Crippen LogP contribution in [0, 0.1) is 0 Å². The van der Waals surface area contributed by atoms with Gasteiger partial charge in [-0.3, -0.25) is 0 Å². The fraction of sp³-hybridized carbons (Fsp3) is 0. The number of hydrogen-bond acceptors (Lipinski definition) is 4. The molecule has 0 saturated carbocycles. The molecule has 0 amide bonds. The summed E-state index contributed by atoms with van der Waals surface area (Å²) in [7, 11) is 0. The zero-order valence-corrected chi connectivity index (χ0v) is 10.4. The highest BCUT2D eigenvalue weighted by Gasteiger charge is 2.04. The molecule has 0 saturated heterocycles. The van der Waals surface area contributed by atoms with E-state index in [1.807, 2.05) is 0 Å². The first-order chi connectivity index (χ1) is 8.54. The van der Waals surface area contributed by atoms with Crippen molar-refractivity contribution in [2.45, 2.75) is 0 Å². The first kappa shape index (κ1) is 12.7. The van der Waals surface area contributed by atoms with Crippen molar-refractivity contribution >= 4 is 44.8 Å². The van der Waals surface area contributed by atoms with Crippen molar-refractivity contribution in [1.29, 1.82) is 0 Å². The number of fused-ring (bicyclic) bond motifs is 1. The lowest BCUT2D eigenvalue weighted by molar-refractivity contribution is 0.225. The molecule has 2 aromatic rings. The smallest absolute Gasteiger partial charge is 0.409 e. The molecular weight excluding hydrogens is 279 g/mol. The minimum atomic E-state index is -0.919. The molecule has 0 atom stereocenters. The van der Waals surface area contributed by atoms with Crippen LogP contribution < -0.4 is 9.47 Å². The number of hydrogen-bond donors (Lipinski definition) is 0. The van der Waals surface area contributed by atoms with E-state index in [2.05, 4.69) is 0 Å². The molecule has 0 radical (unpaired) electrons. The van der Waals surface area contributed by atoms with Gasteiger partial charge in [0, 0.05) is 23.2 Å². The van der Waals surface area contributed by atoms with E-state index in [4.69, 9.17) is 32.7 Å². The van der Waals surface area contributed by atoms with Gasteiger partial charge in [-0.15, -0.1) is 0 Å². The zero-order valence-electron chi connectivity index (χ0n) is 8.85. The van der Waals surface area contributed by atoms with E-state index in [9.17, 15) is 9.59 Å². The van der Waals surface area contributed by atoms with Crippen molar-refractivity contribution in [1.82, 2.24) is 0 Å². The van der Waals surface area contributed by atoms with Crippen LogP contribution in [-0.4, -0.2) is 10.9 Å². The third-order valence-electron chi connectivity index (χ3n) is 2.18. The average Bonchev–Trinajstić information content (AvgIpc) is 2.26. The number of rotatable bonds is 2. The van der Waals surface area contributed by atoms with Crippen LogP contribution in [0.4, 0.5) is 9.59 Å². The van der Waals surface area contributed by atoms with E-state index in [0.717, 1.165) is 10.8 Å². The van der Waals surface area contributed by atoms with Gasteiger partial charge in [0.1, 0.15) is 11.5 Å². The Morgan fingerprint density at radius 2 is 1.22 bits per heavy atom. The summed E-state index contributed by atoms with van der Waals surface area (Å²) < 4.78 is 9.47. The van der Waals surface area contributed by atoms with Crippen molar-refractivity contribution in [3.05, 3.63) is 36.4 Å². The Balaban J connectivity index is 2.39. The second-order valence-corrected chi connectivity index (χ2v) is 3.97. The predicted molar refractivity (Wildman–Crippen MR) is 67.7 cm³/mol. The van der Waals surface area contributed by atoms with E-state index < -0.39 is 10.9 Å². The van der Waals surface area contributed by atoms with Crippen LogP contribution in [0.3, 0.4) is 0 Å². The quantitative estimate of drug-likeness (QED) is 0.771.